The monoisotopic (exact) mass is 398 g/mol. The lowest BCUT2D eigenvalue weighted by Gasteiger charge is -2.22. The van der Waals surface area contributed by atoms with Crippen LogP contribution in [0.1, 0.15) is 71.6 Å². The Kier molecular flexibility index (Phi) is 10.6. The number of Topliss-reactive ketones (excluding diaryl/α,β-unsaturated/α-hetero) is 1. The van der Waals surface area contributed by atoms with Crippen molar-refractivity contribution in [3.8, 4) is 0 Å². The smallest absolute Gasteiger partial charge is 0.305 e. The molecule has 0 aliphatic heterocycles. The van der Waals surface area contributed by atoms with Crippen LogP contribution in [-0.4, -0.2) is 40.8 Å². The van der Waals surface area contributed by atoms with Crippen molar-refractivity contribution in [2.75, 3.05) is 7.11 Å². The van der Waals surface area contributed by atoms with Gasteiger partial charge in [-0.3, -0.25) is 9.59 Å². The highest BCUT2D eigenvalue weighted by atomic mass is 19.1. The Hall–Kier alpha value is -1.53. The topological polar surface area (TPSA) is 83.8 Å². The molecule has 1 unspecified atom stereocenters. The molecule has 4 atom stereocenters. The van der Waals surface area contributed by atoms with Crippen molar-refractivity contribution >= 4 is 11.8 Å². The number of halogens is 1. The van der Waals surface area contributed by atoms with Gasteiger partial charge >= 0.3 is 5.97 Å². The van der Waals surface area contributed by atoms with Gasteiger partial charge < -0.3 is 14.9 Å². The van der Waals surface area contributed by atoms with Crippen molar-refractivity contribution in [1.82, 2.24) is 0 Å². The number of aliphatic hydroxyl groups excluding tert-OH is 1. The SMILES string of the molecule is CCCCC(C)(O)C/C=C/[C@H]1[C@H](O)CC(=O)[C@@H]1CC/C=C(/F)CCC(=O)OC. The minimum atomic E-state index is -0.791. The van der Waals surface area contributed by atoms with Crippen molar-refractivity contribution in [3.05, 3.63) is 24.1 Å². The lowest BCUT2D eigenvalue weighted by atomic mass is 9.88. The maximum absolute atomic E-state index is 13.8. The number of carbonyl (C=O) groups excluding carboxylic acids is 2. The zero-order chi connectivity index (χ0) is 21.2. The third kappa shape index (κ3) is 8.65. The Morgan fingerprint density at radius 3 is 2.75 bits per heavy atom. The van der Waals surface area contributed by atoms with Crippen LogP contribution in [0, 0.1) is 11.8 Å². The Morgan fingerprint density at radius 2 is 2.11 bits per heavy atom. The van der Waals surface area contributed by atoms with Gasteiger partial charge in [-0.25, -0.2) is 4.39 Å². The normalized spacial score (nSPS) is 25.3. The molecular formula is C22H35FO5. The van der Waals surface area contributed by atoms with Crippen LogP contribution in [0.25, 0.3) is 0 Å². The number of carbonyl (C=O) groups is 2. The van der Waals surface area contributed by atoms with E-state index < -0.39 is 23.5 Å². The largest absolute Gasteiger partial charge is 0.469 e. The Labute approximate surface area is 167 Å². The van der Waals surface area contributed by atoms with Gasteiger partial charge in [-0.1, -0.05) is 38.0 Å². The van der Waals surface area contributed by atoms with E-state index >= 15 is 0 Å². The first-order valence-corrected chi connectivity index (χ1v) is 10.2. The molecule has 2 N–H and O–H groups in total. The van der Waals surface area contributed by atoms with Gasteiger partial charge in [0.05, 0.1) is 31.1 Å². The van der Waals surface area contributed by atoms with Gasteiger partial charge in [0.15, 0.2) is 0 Å². The number of hydrogen-bond donors (Lipinski definition) is 2. The minimum Gasteiger partial charge on any atom is -0.469 e. The highest BCUT2D eigenvalue weighted by molar-refractivity contribution is 5.84. The van der Waals surface area contributed by atoms with Gasteiger partial charge in [0.1, 0.15) is 5.78 Å². The number of aliphatic hydroxyl groups is 2. The minimum absolute atomic E-state index is 0.00984. The fourth-order valence-corrected chi connectivity index (χ4v) is 3.58. The summed E-state index contributed by atoms with van der Waals surface area (Å²) in [6.45, 7) is 3.87. The van der Waals surface area contributed by atoms with Crippen LogP contribution in [0.3, 0.4) is 0 Å². The van der Waals surface area contributed by atoms with Gasteiger partial charge in [-0.2, -0.15) is 0 Å². The number of ether oxygens (including phenoxy) is 1. The summed E-state index contributed by atoms with van der Waals surface area (Å²) in [7, 11) is 1.26. The third-order valence-electron chi connectivity index (χ3n) is 5.36. The molecule has 1 fully saturated rings. The van der Waals surface area contributed by atoms with E-state index in [1.165, 1.54) is 13.2 Å². The van der Waals surface area contributed by atoms with Crippen molar-refractivity contribution in [2.24, 2.45) is 11.8 Å². The molecule has 0 amide bonds. The average Bonchev–Trinajstić information content (AvgIpc) is 2.91. The molecule has 1 aliphatic rings. The molecular weight excluding hydrogens is 363 g/mol. The van der Waals surface area contributed by atoms with Crippen molar-refractivity contribution in [3.63, 3.8) is 0 Å². The summed E-state index contributed by atoms with van der Waals surface area (Å²) in [6.07, 6.45) is 8.40. The molecule has 0 aromatic rings. The number of allylic oxidation sites excluding steroid dienone is 2. The molecule has 5 nitrogen and oxygen atoms in total. The van der Waals surface area contributed by atoms with Gasteiger partial charge in [-0.15, -0.1) is 0 Å². The molecule has 0 heterocycles. The van der Waals surface area contributed by atoms with E-state index in [9.17, 15) is 24.2 Å². The molecule has 160 valence electrons. The Balaban J connectivity index is 2.57. The summed E-state index contributed by atoms with van der Waals surface area (Å²) in [5, 5.41) is 20.6. The van der Waals surface area contributed by atoms with Crippen LogP contribution < -0.4 is 0 Å². The summed E-state index contributed by atoms with van der Waals surface area (Å²) >= 11 is 0. The first-order valence-electron chi connectivity index (χ1n) is 10.2. The summed E-state index contributed by atoms with van der Waals surface area (Å²) < 4.78 is 18.2. The van der Waals surface area contributed by atoms with E-state index in [0.29, 0.717) is 25.7 Å². The number of ketones is 1. The molecule has 0 aromatic carbocycles. The van der Waals surface area contributed by atoms with E-state index in [1.54, 1.807) is 6.92 Å². The molecule has 1 saturated carbocycles. The van der Waals surface area contributed by atoms with Crippen molar-refractivity contribution in [2.45, 2.75) is 83.3 Å². The molecule has 6 heteroatoms. The van der Waals surface area contributed by atoms with Gasteiger partial charge in [0.2, 0.25) is 0 Å². The Morgan fingerprint density at radius 1 is 1.39 bits per heavy atom. The maximum atomic E-state index is 13.8. The van der Waals surface area contributed by atoms with Gasteiger partial charge in [0.25, 0.3) is 0 Å². The van der Waals surface area contributed by atoms with Crippen molar-refractivity contribution < 1.29 is 28.9 Å². The van der Waals surface area contributed by atoms with Gasteiger partial charge in [-0.05, 0) is 32.6 Å². The molecule has 0 spiro atoms. The molecule has 0 radical (unpaired) electrons. The number of unbranched alkanes of at least 4 members (excludes halogenated alkanes) is 1. The lowest BCUT2D eigenvalue weighted by Crippen LogP contribution is -2.23. The number of methoxy groups -OCH3 is 1. The van der Waals surface area contributed by atoms with Crippen LogP contribution in [0.2, 0.25) is 0 Å². The first-order chi connectivity index (χ1) is 13.2. The quantitative estimate of drug-likeness (QED) is 0.383. The number of esters is 1. The summed E-state index contributed by atoms with van der Waals surface area (Å²) in [5.74, 6) is -1.52. The zero-order valence-corrected chi connectivity index (χ0v) is 17.3. The van der Waals surface area contributed by atoms with E-state index in [4.69, 9.17) is 0 Å². The van der Waals surface area contributed by atoms with E-state index in [2.05, 4.69) is 11.7 Å². The highest BCUT2D eigenvalue weighted by Gasteiger charge is 2.39. The number of hydrogen-bond acceptors (Lipinski definition) is 5. The number of rotatable bonds is 12. The summed E-state index contributed by atoms with van der Waals surface area (Å²) in [5.41, 5.74) is -0.791. The van der Waals surface area contributed by atoms with Crippen LogP contribution in [0.4, 0.5) is 4.39 Å². The predicted molar refractivity (Wildman–Crippen MR) is 106 cm³/mol. The van der Waals surface area contributed by atoms with Crippen molar-refractivity contribution in [1.29, 1.82) is 0 Å². The molecule has 0 bridgehead atoms. The second-order valence-corrected chi connectivity index (χ2v) is 7.96. The molecule has 28 heavy (non-hydrogen) atoms. The highest BCUT2D eigenvalue weighted by Crippen LogP contribution is 2.34. The van der Waals surface area contributed by atoms with Crippen LogP contribution in [-0.2, 0) is 14.3 Å². The fraction of sp³-hybridized carbons (Fsp3) is 0.727. The summed E-state index contributed by atoms with van der Waals surface area (Å²) in [6, 6.07) is 0. The second kappa shape index (κ2) is 12.1. The molecule has 1 rings (SSSR count). The van der Waals surface area contributed by atoms with E-state index in [-0.39, 0.29) is 36.9 Å². The first kappa shape index (κ1) is 24.5. The third-order valence-corrected chi connectivity index (χ3v) is 5.36. The zero-order valence-electron chi connectivity index (χ0n) is 17.3. The lowest BCUT2D eigenvalue weighted by molar-refractivity contribution is -0.140. The van der Waals surface area contributed by atoms with E-state index in [0.717, 1.165) is 12.8 Å². The predicted octanol–water partition coefficient (Wildman–Crippen LogP) is 4.03. The molecule has 0 saturated heterocycles. The standard InChI is InChI=1S/C22H35FO5/c1-4-5-13-22(2,27)14-7-10-18-17(19(24)15-20(18)25)9-6-8-16(23)11-12-21(26)28-3/h7-8,10,17-18,20,25,27H,4-6,9,11-15H2,1-3H3/b10-7+,16-8+/t17-,18-,20-,22?/m1/s1. The van der Waals surface area contributed by atoms with Crippen LogP contribution in [0.15, 0.2) is 24.1 Å². The second-order valence-electron chi connectivity index (χ2n) is 7.96. The maximum Gasteiger partial charge on any atom is 0.305 e. The molecule has 0 aromatic heterocycles. The average molecular weight is 399 g/mol. The fourth-order valence-electron chi connectivity index (χ4n) is 3.58. The molecule has 1 aliphatic carbocycles. The van der Waals surface area contributed by atoms with Crippen LogP contribution >= 0.6 is 0 Å². The van der Waals surface area contributed by atoms with E-state index in [1.807, 2.05) is 12.2 Å². The van der Waals surface area contributed by atoms with Crippen LogP contribution in [0.5, 0.6) is 0 Å². The van der Waals surface area contributed by atoms with Gasteiger partial charge in [0, 0.05) is 24.7 Å². The summed E-state index contributed by atoms with van der Waals surface area (Å²) in [4.78, 5) is 23.2. The Bertz CT molecular complexity index is 567.